The first-order chi connectivity index (χ1) is 13.1. The van der Waals surface area contributed by atoms with Gasteiger partial charge in [-0.2, -0.15) is 9.97 Å². The zero-order valence-corrected chi connectivity index (χ0v) is 14.9. The normalized spacial score (nSPS) is 10.7. The highest BCUT2D eigenvalue weighted by Gasteiger charge is 2.16. The Balaban J connectivity index is 1.94. The number of ether oxygens (including phenoxy) is 1. The van der Waals surface area contributed by atoms with Crippen molar-refractivity contribution >= 4 is 35.0 Å². The molecule has 136 valence electrons. The molecule has 0 spiro atoms. The van der Waals surface area contributed by atoms with Gasteiger partial charge in [0.15, 0.2) is 5.82 Å². The van der Waals surface area contributed by atoms with E-state index in [1.165, 1.54) is 12.7 Å². The molecule has 8 heteroatoms. The molecule has 0 aliphatic rings. The number of methoxy groups -OCH3 is 1. The third-order valence-electron chi connectivity index (χ3n) is 3.74. The molecule has 0 saturated carbocycles. The lowest BCUT2D eigenvalue weighted by atomic mass is 10.2. The largest absolute Gasteiger partial charge is 0.479 e. The molecule has 8 nitrogen and oxygen atoms in total. The predicted octanol–water partition coefficient (Wildman–Crippen LogP) is 4.27. The minimum absolute atomic E-state index is 0.000591. The summed E-state index contributed by atoms with van der Waals surface area (Å²) in [6.07, 6.45) is 1.76. The summed E-state index contributed by atoms with van der Waals surface area (Å²) in [7, 11) is 1.38. The first-order valence-corrected chi connectivity index (χ1v) is 8.12. The highest BCUT2D eigenvalue weighted by Crippen LogP contribution is 2.36. The van der Waals surface area contributed by atoms with Crippen LogP contribution in [0.25, 0.3) is 0 Å². The molecule has 0 atom stereocenters. The number of anilines is 3. The van der Waals surface area contributed by atoms with Gasteiger partial charge in [0.05, 0.1) is 18.5 Å². The molecule has 27 heavy (non-hydrogen) atoms. The maximum absolute atomic E-state index is 11.2. The zero-order chi connectivity index (χ0) is 19.2. The van der Waals surface area contributed by atoms with Crippen molar-refractivity contribution in [2.45, 2.75) is 6.92 Å². The van der Waals surface area contributed by atoms with Gasteiger partial charge < -0.3 is 15.8 Å². The molecule has 3 N–H and O–H groups in total. The van der Waals surface area contributed by atoms with E-state index in [-0.39, 0.29) is 23.3 Å². The van der Waals surface area contributed by atoms with Gasteiger partial charge in [0.1, 0.15) is 0 Å². The molecule has 0 saturated heterocycles. The first-order valence-electron chi connectivity index (χ1n) is 8.12. The van der Waals surface area contributed by atoms with E-state index in [0.29, 0.717) is 11.4 Å². The minimum Gasteiger partial charge on any atom is -0.479 e. The number of nitroso groups, excluding NO2 is 1. The number of aromatic nitrogens is 2. The molecule has 0 bridgehead atoms. The van der Waals surface area contributed by atoms with Crippen LogP contribution in [-0.4, -0.2) is 23.3 Å². The van der Waals surface area contributed by atoms with Crippen molar-refractivity contribution in [1.29, 1.82) is 0 Å². The number of nitrogen functional groups attached to an aromatic ring is 1. The second kappa shape index (κ2) is 8.05. The van der Waals surface area contributed by atoms with Gasteiger partial charge in [-0.05, 0) is 29.8 Å². The SMILES string of the molecule is COc1nc(N)nc(Nc2ccccc2N=Cc2ccc(C)cc2)c1N=O. The van der Waals surface area contributed by atoms with Crippen LogP contribution in [-0.2, 0) is 0 Å². The summed E-state index contributed by atoms with van der Waals surface area (Å²) in [5.74, 6) is 0.107. The molecule has 0 fully saturated rings. The average Bonchev–Trinajstić information content (AvgIpc) is 2.68. The van der Waals surface area contributed by atoms with Crippen LogP contribution in [0.2, 0.25) is 0 Å². The molecule has 2 aromatic carbocycles. The van der Waals surface area contributed by atoms with E-state index in [1.54, 1.807) is 12.3 Å². The Morgan fingerprint density at radius 2 is 1.85 bits per heavy atom. The second-order valence-electron chi connectivity index (χ2n) is 5.69. The van der Waals surface area contributed by atoms with Crippen molar-refractivity contribution in [3.05, 3.63) is 64.6 Å². The molecule has 3 rings (SSSR count). The fourth-order valence-electron chi connectivity index (χ4n) is 2.38. The Morgan fingerprint density at radius 1 is 1.11 bits per heavy atom. The van der Waals surface area contributed by atoms with Gasteiger partial charge in [-0.15, -0.1) is 4.91 Å². The summed E-state index contributed by atoms with van der Waals surface area (Å²) in [6.45, 7) is 2.03. The van der Waals surface area contributed by atoms with Gasteiger partial charge in [0.2, 0.25) is 11.6 Å². The van der Waals surface area contributed by atoms with Gasteiger partial charge in [0, 0.05) is 6.21 Å². The van der Waals surface area contributed by atoms with Crippen LogP contribution in [0, 0.1) is 11.8 Å². The van der Waals surface area contributed by atoms with Crippen molar-refractivity contribution in [2.75, 3.05) is 18.2 Å². The summed E-state index contributed by atoms with van der Waals surface area (Å²) in [5, 5.41) is 5.99. The molecule has 0 unspecified atom stereocenters. The Bertz CT molecular complexity index is 986. The van der Waals surface area contributed by atoms with E-state index in [0.717, 1.165) is 5.56 Å². The fraction of sp³-hybridized carbons (Fsp3) is 0.105. The Labute approximate surface area is 156 Å². The van der Waals surface area contributed by atoms with Crippen LogP contribution in [0.4, 0.5) is 28.8 Å². The third-order valence-corrected chi connectivity index (χ3v) is 3.74. The number of nitrogens with zero attached hydrogens (tertiary/aromatic N) is 4. The first kappa shape index (κ1) is 18.0. The van der Waals surface area contributed by atoms with Crippen molar-refractivity contribution in [2.24, 2.45) is 10.2 Å². The molecule has 0 aliphatic carbocycles. The molecule has 1 heterocycles. The molecule has 0 radical (unpaired) electrons. The molecule has 1 aromatic heterocycles. The summed E-state index contributed by atoms with van der Waals surface area (Å²) in [4.78, 5) is 23.6. The Morgan fingerprint density at radius 3 is 2.56 bits per heavy atom. The van der Waals surface area contributed by atoms with E-state index in [2.05, 4.69) is 25.5 Å². The third kappa shape index (κ3) is 4.24. The Kier molecular flexibility index (Phi) is 5.36. The standard InChI is InChI=1S/C19H18N6O2/c1-12-7-9-13(10-8-12)11-21-14-5-3-4-6-15(14)22-17-16(25-26)18(27-2)24-19(20)23-17/h3-11H,1-2H3,(H3,20,22,23,24). The van der Waals surface area contributed by atoms with Gasteiger partial charge in [-0.25, -0.2) is 0 Å². The smallest absolute Gasteiger partial charge is 0.250 e. The highest BCUT2D eigenvalue weighted by atomic mass is 16.5. The van der Waals surface area contributed by atoms with Crippen LogP contribution in [0.3, 0.4) is 0 Å². The van der Waals surface area contributed by atoms with Crippen molar-refractivity contribution in [3.8, 4) is 5.88 Å². The summed E-state index contributed by atoms with van der Waals surface area (Å²) in [5.41, 5.74) is 9.05. The number of aliphatic imine (C=N–C) groups is 1. The van der Waals surface area contributed by atoms with E-state index in [1.807, 2.05) is 49.4 Å². The molecule has 0 amide bonds. The van der Waals surface area contributed by atoms with Gasteiger partial charge in [-0.3, -0.25) is 4.99 Å². The topological polar surface area (TPSA) is 115 Å². The maximum atomic E-state index is 11.2. The molecule has 3 aromatic rings. The maximum Gasteiger partial charge on any atom is 0.250 e. The lowest BCUT2D eigenvalue weighted by molar-refractivity contribution is 0.399. The number of nitrogens with two attached hydrogens (primary N) is 1. The van der Waals surface area contributed by atoms with Crippen LogP contribution in [0.1, 0.15) is 11.1 Å². The van der Waals surface area contributed by atoms with Gasteiger partial charge in [-0.1, -0.05) is 42.0 Å². The summed E-state index contributed by atoms with van der Waals surface area (Å²) in [6, 6.07) is 15.3. The van der Waals surface area contributed by atoms with Crippen LogP contribution < -0.4 is 15.8 Å². The lowest BCUT2D eigenvalue weighted by Gasteiger charge is -2.11. The van der Waals surface area contributed by atoms with E-state index in [4.69, 9.17) is 10.5 Å². The number of hydrogen-bond donors (Lipinski definition) is 2. The molecular weight excluding hydrogens is 344 g/mol. The van der Waals surface area contributed by atoms with Crippen molar-refractivity contribution in [3.63, 3.8) is 0 Å². The predicted molar refractivity (Wildman–Crippen MR) is 107 cm³/mol. The minimum atomic E-state index is -0.0657. The lowest BCUT2D eigenvalue weighted by Crippen LogP contribution is -2.03. The quantitative estimate of drug-likeness (QED) is 0.500. The number of nitrogens with one attached hydrogen (secondary N) is 1. The molecule has 0 aliphatic heterocycles. The highest BCUT2D eigenvalue weighted by molar-refractivity contribution is 5.85. The van der Waals surface area contributed by atoms with Crippen molar-refractivity contribution < 1.29 is 4.74 Å². The summed E-state index contributed by atoms with van der Waals surface area (Å²) < 4.78 is 5.05. The van der Waals surface area contributed by atoms with Gasteiger partial charge in [0.25, 0.3) is 5.88 Å². The number of benzene rings is 2. The average molecular weight is 362 g/mol. The van der Waals surface area contributed by atoms with Crippen LogP contribution in [0.5, 0.6) is 5.88 Å². The number of aryl methyl sites for hydroxylation is 1. The zero-order valence-electron chi connectivity index (χ0n) is 14.9. The van der Waals surface area contributed by atoms with E-state index < -0.39 is 0 Å². The van der Waals surface area contributed by atoms with E-state index in [9.17, 15) is 4.91 Å². The number of para-hydroxylation sites is 2. The summed E-state index contributed by atoms with van der Waals surface area (Å²) >= 11 is 0. The Hall–Kier alpha value is -3.81. The molecular formula is C19H18N6O2. The van der Waals surface area contributed by atoms with Crippen LogP contribution >= 0.6 is 0 Å². The van der Waals surface area contributed by atoms with Crippen LogP contribution in [0.15, 0.2) is 58.7 Å². The van der Waals surface area contributed by atoms with Crippen molar-refractivity contribution in [1.82, 2.24) is 9.97 Å². The monoisotopic (exact) mass is 362 g/mol. The fourth-order valence-corrected chi connectivity index (χ4v) is 2.38. The van der Waals surface area contributed by atoms with E-state index >= 15 is 0 Å². The van der Waals surface area contributed by atoms with Gasteiger partial charge >= 0.3 is 0 Å². The second-order valence-corrected chi connectivity index (χ2v) is 5.69. The number of hydrogen-bond acceptors (Lipinski definition) is 8. The number of rotatable bonds is 6.